The molecule has 0 rings (SSSR count). The zero-order valence-electron chi connectivity index (χ0n) is 18.1. The van der Waals surface area contributed by atoms with Gasteiger partial charge in [0.2, 0.25) is 0 Å². The molecule has 3 nitrogen and oxygen atoms in total. The monoisotopic (exact) mass is 400 g/mol. The Balaban J connectivity index is 0. The second kappa shape index (κ2) is 19.9. The molecule has 0 bridgehead atoms. The normalized spacial score (nSPS) is 10.9. The van der Waals surface area contributed by atoms with Crippen LogP contribution in [-0.2, 0) is 4.79 Å². The molecule has 27 heavy (non-hydrogen) atoms. The number of likely N-dealkylation sites (N-methyl/N-ethyl adjacent to an activating group) is 1. The molecule has 0 aliphatic carbocycles. The van der Waals surface area contributed by atoms with E-state index >= 15 is 0 Å². The third-order valence-electron chi connectivity index (χ3n) is 5.02. The summed E-state index contributed by atoms with van der Waals surface area (Å²) in [7, 11) is 2.08. The number of unbranched alkanes of at least 4 members (excludes halogenated alkanes) is 11. The lowest BCUT2D eigenvalue weighted by Crippen LogP contribution is -3.00. The smallest absolute Gasteiger partial charge is 0.275 e. The molecule has 160 valence electrons. The van der Waals surface area contributed by atoms with Crippen molar-refractivity contribution in [1.29, 1.82) is 0 Å². The Kier molecular flexibility index (Phi) is 21.0. The first-order chi connectivity index (χ1) is 12.6. The molecular weight excluding hydrogens is 356 g/mol. The molecule has 4 heteroatoms. The molecular formula is C23H45ClN2O. The van der Waals surface area contributed by atoms with Gasteiger partial charge in [0, 0.05) is 6.54 Å². The van der Waals surface area contributed by atoms with E-state index in [2.05, 4.69) is 32.4 Å². The lowest BCUT2D eigenvalue weighted by molar-refractivity contribution is -0.890. The first-order valence-corrected chi connectivity index (χ1v) is 10.9. The van der Waals surface area contributed by atoms with Gasteiger partial charge >= 0.3 is 0 Å². The van der Waals surface area contributed by atoms with Crippen LogP contribution in [-0.4, -0.2) is 43.6 Å². The van der Waals surface area contributed by atoms with Gasteiger partial charge in [-0.15, -0.1) is 0 Å². The molecule has 1 N–H and O–H groups in total. The van der Waals surface area contributed by atoms with Gasteiger partial charge in [0.05, 0.1) is 20.1 Å². The van der Waals surface area contributed by atoms with E-state index in [9.17, 15) is 4.79 Å². The second-order valence-corrected chi connectivity index (χ2v) is 7.96. The highest BCUT2D eigenvalue weighted by Crippen LogP contribution is 2.11. The number of nitrogens with one attached hydrogen (secondary N) is 1. The van der Waals surface area contributed by atoms with Crippen molar-refractivity contribution in [1.82, 2.24) is 5.32 Å². The summed E-state index contributed by atoms with van der Waals surface area (Å²) in [5, 5.41) is 3.07. The Morgan fingerprint density at radius 1 is 0.815 bits per heavy atom. The SMILES string of the molecule is C=CC[N+](C)(CC=C)CC(=O)NCCCCCCCCCCCCCC.[Cl-]. The highest BCUT2D eigenvalue weighted by atomic mass is 35.5. The summed E-state index contributed by atoms with van der Waals surface area (Å²) in [6.45, 7) is 12.7. The molecule has 0 unspecified atom stereocenters. The quantitative estimate of drug-likeness (QED) is 0.201. The van der Waals surface area contributed by atoms with Gasteiger partial charge in [-0.1, -0.05) is 90.7 Å². The highest BCUT2D eigenvalue weighted by Gasteiger charge is 2.22. The van der Waals surface area contributed by atoms with Crippen LogP contribution >= 0.6 is 0 Å². The summed E-state index contributed by atoms with van der Waals surface area (Å²) < 4.78 is 0.650. The number of carbonyl (C=O) groups is 1. The van der Waals surface area contributed by atoms with Crippen LogP contribution < -0.4 is 17.7 Å². The minimum atomic E-state index is 0. The summed E-state index contributed by atoms with van der Waals surface area (Å²) in [6.07, 6.45) is 19.9. The van der Waals surface area contributed by atoms with Crippen LogP contribution in [0.2, 0.25) is 0 Å². The molecule has 0 saturated heterocycles. The molecule has 0 saturated carbocycles. The maximum atomic E-state index is 12.1. The van der Waals surface area contributed by atoms with E-state index < -0.39 is 0 Å². The molecule has 0 atom stereocenters. The number of hydrogen-bond acceptors (Lipinski definition) is 1. The van der Waals surface area contributed by atoms with E-state index in [1.807, 2.05) is 12.2 Å². The first kappa shape index (κ1) is 28.4. The fraction of sp³-hybridized carbons (Fsp3) is 0.783. The molecule has 1 amide bonds. The average Bonchev–Trinajstić information content (AvgIpc) is 2.59. The van der Waals surface area contributed by atoms with Crippen LogP contribution in [0.15, 0.2) is 25.3 Å². The molecule has 0 aromatic heterocycles. The maximum Gasteiger partial charge on any atom is 0.275 e. The third kappa shape index (κ3) is 18.3. The van der Waals surface area contributed by atoms with E-state index in [0.717, 1.165) is 26.1 Å². The van der Waals surface area contributed by atoms with Gasteiger partial charge in [0.1, 0.15) is 0 Å². The Morgan fingerprint density at radius 2 is 1.22 bits per heavy atom. The Morgan fingerprint density at radius 3 is 1.63 bits per heavy atom. The molecule has 0 aliphatic heterocycles. The van der Waals surface area contributed by atoms with Gasteiger partial charge in [-0.3, -0.25) is 4.79 Å². The van der Waals surface area contributed by atoms with Crippen molar-refractivity contribution in [2.45, 2.75) is 84.0 Å². The van der Waals surface area contributed by atoms with Crippen molar-refractivity contribution in [2.75, 3.05) is 33.2 Å². The van der Waals surface area contributed by atoms with E-state index in [4.69, 9.17) is 0 Å². The molecule has 0 heterocycles. The third-order valence-corrected chi connectivity index (χ3v) is 5.02. The van der Waals surface area contributed by atoms with Crippen LogP contribution in [0.4, 0.5) is 0 Å². The van der Waals surface area contributed by atoms with Crippen LogP contribution in [0.5, 0.6) is 0 Å². The Hall–Kier alpha value is -0.800. The van der Waals surface area contributed by atoms with Crippen LogP contribution in [0.1, 0.15) is 84.0 Å². The topological polar surface area (TPSA) is 29.1 Å². The van der Waals surface area contributed by atoms with Crippen molar-refractivity contribution in [3.8, 4) is 0 Å². The second-order valence-electron chi connectivity index (χ2n) is 7.96. The molecule has 0 fully saturated rings. The van der Waals surface area contributed by atoms with E-state index in [-0.39, 0.29) is 18.3 Å². The van der Waals surface area contributed by atoms with Crippen molar-refractivity contribution >= 4 is 5.91 Å². The minimum absolute atomic E-state index is 0. The van der Waals surface area contributed by atoms with Gasteiger partial charge in [-0.05, 0) is 18.6 Å². The van der Waals surface area contributed by atoms with Gasteiger partial charge in [0.25, 0.3) is 5.91 Å². The maximum absolute atomic E-state index is 12.1. The zero-order valence-corrected chi connectivity index (χ0v) is 18.9. The summed E-state index contributed by atoms with van der Waals surface area (Å²) >= 11 is 0. The van der Waals surface area contributed by atoms with Gasteiger partial charge in [-0.25, -0.2) is 0 Å². The predicted octanol–water partition coefficient (Wildman–Crippen LogP) is 2.63. The van der Waals surface area contributed by atoms with E-state index in [1.165, 1.54) is 70.6 Å². The number of hydrogen-bond donors (Lipinski definition) is 1. The van der Waals surface area contributed by atoms with Gasteiger partial charge in [0.15, 0.2) is 6.54 Å². The Bertz CT molecular complexity index is 361. The molecule has 0 aromatic rings. The molecule has 0 aliphatic rings. The number of quaternary nitrogens is 1. The largest absolute Gasteiger partial charge is 1.00 e. The van der Waals surface area contributed by atoms with Crippen molar-refractivity contribution in [2.24, 2.45) is 0 Å². The highest BCUT2D eigenvalue weighted by molar-refractivity contribution is 5.77. The summed E-state index contributed by atoms with van der Waals surface area (Å²) in [5.74, 6) is 0.138. The number of amides is 1. The summed E-state index contributed by atoms with van der Waals surface area (Å²) in [4.78, 5) is 12.1. The van der Waals surface area contributed by atoms with Gasteiger partial charge < -0.3 is 22.2 Å². The molecule has 0 spiro atoms. The fourth-order valence-electron chi connectivity index (χ4n) is 3.42. The average molecular weight is 401 g/mol. The standard InChI is InChI=1S/C23H44N2O.ClH/c1-5-8-9-10-11-12-13-14-15-16-17-18-19-24-23(26)22-25(4,20-6-2)21-7-3;/h6-7H,2-3,5,8-22H2,1,4H3;1H. The minimum Gasteiger partial charge on any atom is -1.00 e. The summed E-state index contributed by atoms with van der Waals surface area (Å²) in [6, 6.07) is 0. The number of carbonyl (C=O) groups excluding carboxylic acids is 1. The zero-order chi connectivity index (χ0) is 19.5. The van der Waals surface area contributed by atoms with Crippen LogP contribution in [0.25, 0.3) is 0 Å². The molecule has 0 radical (unpaired) electrons. The number of rotatable bonds is 19. The Labute approximate surface area is 175 Å². The van der Waals surface area contributed by atoms with Crippen molar-refractivity contribution in [3.63, 3.8) is 0 Å². The van der Waals surface area contributed by atoms with Crippen molar-refractivity contribution in [3.05, 3.63) is 25.3 Å². The lowest BCUT2D eigenvalue weighted by Gasteiger charge is -2.31. The van der Waals surface area contributed by atoms with Crippen molar-refractivity contribution < 1.29 is 21.7 Å². The predicted molar refractivity (Wildman–Crippen MR) is 115 cm³/mol. The van der Waals surface area contributed by atoms with Crippen LogP contribution in [0, 0.1) is 0 Å². The number of nitrogens with zero attached hydrogens (tertiary/aromatic N) is 1. The first-order valence-electron chi connectivity index (χ1n) is 10.9. The van der Waals surface area contributed by atoms with E-state index in [1.54, 1.807) is 0 Å². The lowest BCUT2D eigenvalue weighted by atomic mass is 10.1. The fourth-order valence-corrected chi connectivity index (χ4v) is 3.42. The van der Waals surface area contributed by atoms with E-state index in [0.29, 0.717) is 11.0 Å². The summed E-state index contributed by atoms with van der Waals surface area (Å²) in [5.41, 5.74) is 0. The van der Waals surface area contributed by atoms with Gasteiger partial charge in [-0.2, -0.15) is 0 Å². The number of halogens is 1. The molecule has 0 aromatic carbocycles. The van der Waals surface area contributed by atoms with Crippen LogP contribution in [0.3, 0.4) is 0 Å².